The third-order valence-electron chi connectivity index (χ3n) is 5.38. The SMILES string of the molecule is COc1ccc(Cc2nc(NC(=O)[C@@H](C(C)C)N3Cc4ccccc4C3=O)n[nH]2)cc1. The van der Waals surface area contributed by atoms with Gasteiger partial charge < -0.3 is 9.64 Å². The van der Waals surface area contributed by atoms with Gasteiger partial charge in [0.25, 0.3) is 5.91 Å². The molecule has 1 aromatic heterocycles. The summed E-state index contributed by atoms with van der Waals surface area (Å²) >= 11 is 0. The van der Waals surface area contributed by atoms with Crippen molar-refractivity contribution in [3.63, 3.8) is 0 Å². The maximum Gasteiger partial charge on any atom is 0.255 e. The average Bonchev–Trinajstić information content (AvgIpc) is 3.33. The van der Waals surface area contributed by atoms with Crippen LogP contribution in [0, 0.1) is 5.92 Å². The molecule has 0 unspecified atom stereocenters. The second-order valence-corrected chi connectivity index (χ2v) is 7.90. The maximum atomic E-state index is 13.1. The number of H-pyrrole nitrogens is 1. The number of nitrogens with one attached hydrogen (secondary N) is 2. The van der Waals surface area contributed by atoms with Gasteiger partial charge in [0, 0.05) is 18.5 Å². The number of aromatic nitrogens is 3. The zero-order valence-corrected chi connectivity index (χ0v) is 17.8. The van der Waals surface area contributed by atoms with Crippen LogP contribution in [0.1, 0.15) is 41.2 Å². The Hall–Kier alpha value is -3.68. The minimum atomic E-state index is -0.622. The summed E-state index contributed by atoms with van der Waals surface area (Å²) in [5, 5.41) is 9.74. The third kappa shape index (κ3) is 4.28. The second-order valence-electron chi connectivity index (χ2n) is 7.90. The van der Waals surface area contributed by atoms with Crippen LogP contribution in [-0.4, -0.2) is 45.0 Å². The van der Waals surface area contributed by atoms with E-state index in [0.29, 0.717) is 24.4 Å². The summed E-state index contributed by atoms with van der Waals surface area (Å²) in [6.45, 7) is 4.27. The van der Waals surface area contributed by atoms with Gasteiger partial charge in [-0.25, -0.2) is 0 Å². The fourth-order valence-electron chi connectivity index (χ4n) is 3.86. The highest BCUT2D eigenvalue weighted by atomic mass is 16.5. The predicted octanol–water partition coefficient (Wildman–Crippen LogP) is 3.02. The molecular weight excluding hydrogens is 394 g/mol. The highest BCUT2D eigenvalue weighted by Gasteiger charge is 2.38. The number of amides is 2. The molecule has 2 heterocycles. The predicted molar refractivity (Wildman–Crippen MR) is 116 cm³/mol. The molecule has 31 heavy (non-hydrogen) atoms. The number of rotatable bonds is 7. The first kappa shape index (κ1) is 20.6. The van der Waals surface area contributed by atoms with Crippen molar-refractivity contribution in [1.82, 2.24) is 20.1 Å². The number of carbonyl (C=O) groups is 2. The minimum absolute atomic E-state index is 0.0732. The fourth-order valence-corrected chi connectivity index (χ4v) is 3.86. The molecule has 2 aromatic carbocycles. The molecule has 4 rings (SSSR count). The molecule has 0 radical (unpaired) electrons. The number of carbonyl (C=O) groups excluding carboxylic acids is 2. The quantitative estimate of drug-likeness (QED) is 0.613. The number of nitrogens with zero attached hydrogens (tertiary/aromatic N) is 3. The molecule has 3 aromatic rings. The summed E-state index contributed by atoms with van der Waals surface area (Å²) < 4.78 is 5.17. The van der Waals surface area contributed by atoms with E-state index in [1.807, 2.05) is 56.3 Å². The van der Waals surface area contributed by atoms with Crippen molar-refractivity contribution in [2.24, 2.45) is 5.92 Å². The Morgan fingerprint density at radius 3 is 2.61 bits per heavy atom. The van der Waals surface area contributed by atoms with E-state index in [2.05, 4.69) is 20.5 Å². The second kappa shape index (κ2) is 8.59. The normalized spacial score (nSPS) is 13.9. The van der Waals surface area contributed by atoms with Gasteiger partial charge in [-0.1, -0.05) is 44.2 Å². The van der Waals surface area contributed by atoms with E-state index < -0.39 is 6.04 Å². The molecule has 1 aliphatic rings. The fraction of sp³-hybridized carbons (Fsp3) is 0.304. The molecular formula is C23H25N5O3. The lowest BCUT2D eigenvalue weighted by Gasteiger charge is -2.29. The first-order chi connectivity index (χ1) is 15.0. The Kier molecular flexibility index (Phi) is 5.70. The minimum Gasteiger partial charge on any atom is -0.497 e. The van der Waals surface area contributed by atoms with E-state index in [-0.39, 0.29) is 23.7 Å². The molecule has 2 N–H and O–H groups in total. The van der Waals surface area contributed by atoms with Crippen LogP contribution in [-0.2, 0) is 17.8 Å². The van der Waals surface area contributed by atoms with Crippen molar-refractivity contribution < 1.29 is 14.3 Å². The molecule has 8 heteroatoms. The Bertz CT molecular complexity index is 1090. The maximum absolute atomic E-state index is 13.1. The first-order valence-corrected chi connectivity index (χ1v) is 10.2. The summed E-state index contributed by atoms with van der Waals surface area (Å²) in [6.07, 6.45) is 0.542. The summed E-state index contributed by atoms with van der Waals surface area (Å²) in [7, 11) is 1.62. The van der Waals surface area contributed by atoms with E-state index in [0.717, 1.165) is 16.9 Å². The lowest BCUT2D eigenvalue weighted by atomic mass is 10.0. The van der Waals surface area contributed by atoms with Gasteiger partial charge in [0.2, 0.25) is 11.9 Å². The molecule has 0 aliphatic carbocycles. The van der Waals surface area contributed by atoms with Gasteiger partial charge in [-0.3, -0.25) is 20.0 Å². The molecule has 0 fully saturated rings. The van der Waals surface area contributed by atoms with Crippen LogP contribution in [0.4, 0.5) is 5.95 Å². The Morgan fingerprint density at radius 2 is 1.94 bits per heavy atom. The molecule has 1 atom stereocenters. The van der Waals surface area contributed by atoms with Crippen molar-refractivity contribution in [3.05, 3.63) is 71.0 Å². The number of benzene rings is 2. The molecule has 2 amide bonds. The van der Waals surface area contributed by atoms with Crippen molar-refractivity contribution in [2.75, 3.05) is 12.4 Å². The number of fused-ring (bicyclic) bond motifs is 1. The first-order valence-electron chi connectivity index (χ1n) is 10.2. The summed E-state index contributed by atoms with van der Waals surface area (Å²) in [5.41, 5.74) is 2.63. The van der Waals surface area contributed by atoms with Gasteiger partial charge in [0.1, 0.15) is 17.6 Å². The van der Waals surface area contributed by atoms with Gasteiger partial charge in [0.05, 0.1) is 7.11 Å². The average molecular weight is 419 g/mol. The standard InChI is InChI=1S/C23H25N5O3/c1-14(2)20(28-13-16-6-4-5-7-18(16)22(28)30)21(29)25-23-24-19(26-27-23)12-15-8-10-17(31-3)11-9-15/h4-11,14,20H,12-13H2,1-3H3,(H2,24,25,26,27,29)/t20-/m1/s1. The Morgan fingerprint density at radius 1 is 1.19 bits per heavy atom. The lowest BCUT2D eigenvalue weighted by Crippen LogP contribution is -2.47. The van der Waals surface area contributed by atoms with Crippen LogP contribution in [0.2, 0.25) is 0 Å². The van der Waals surface area contributed by atoms with E-state index in [1.165, 1.54) is 0 Å². The molecule has 8 nitrogen and oxygen atoms in total. The smallest absolute Gasteiger partial charge is 0.255 e. The molecule has 0 spiro atoms. The van der Waals surface area contributed by atoms with Gasteiger partial charge in [-0.2, -0.15) is 4.98 Å². The zero-order valence-electron chi connectivity index (χ0n) is 17.8. The zero-order chi connectivity index (χ0) is 22.0. The van der Waals surface area contributed by atoms with Crippen molar-refractivity contribution in [3.8, 4) is 5.75 Å². The number of hydrogen-bond donors (Lipinski definition) is 2. The van der Waals surface area contributed by atoms with Crippen LogP contribution in [0.15, 0.2) is 48.5 Å². The van der Waals surface area contributed by atoms with Crippen molar-refractivity contribution >= 4 is 17.8 Å². The number of aromatic amines is 1. The highest BCUT2D eigenvalue weighted by molar-refractivity contribution is 6.03. The van der Waals surface area contributed by atoms with Crippen molar-refractivity contribution in [2.45, 2.75) is 32.9 Å². The molecule has 1 aliphatic heterocycles. The number of methoxy groups -OCH3 is 1. The number of hydrogen-bond acceptors (Lipinski definition) is 5. The molecule has 0 saturated carbocycles. The van der Waals surface area contributed by atoms with Gasteiger partial charge in [0.15, 0.2) is 0 Å². The summed E-state index contributed by atoms with van der Waals surface area (Å²) in [4.78, 5) is 31.9. The molecule has 160 valence electrons. The monoisotopic (exact) mass is 419 g/mol. The van der Waals surface area contributed by atoms with E-state index in [1.54, 1.807) is 18.1 Å². The molecule has 0 bridgehead atoms. The van der Waals surface area contributed by atoms with E-state index in [4.69, 9.17) is 4.74 Å². The molecule has 0 saturated heterocycles. The van der Waals surface area contributed by atoms with Crippen LogP contribution in [0.3, 0.4) is 0 Å². The number of ether oxygens (including phenoxy) is 1. The van der Waals surface area contributed by atoms with E-state index in [9.17, 15) is 9.59 Å². The lowest BCUT2D eigenvalue weighted by molar-refractivity contribution is -0.122. The Labute approximate surface area is 180 Å². The van der Waals surface area contributed by atoms with Crippen LogP contribution >= 0.6 is 0 Å². The van der Waals surface area contributed by atoms with E-state index >= 15 is 0 Å². The van der Waals surface area contributed by atoms with Crippen LogP contribution < -0.4 is 10.1 Å². The van der Waals surface area contributed by atoms with Crippen molar-refractivity contribution in [1.29, 1.82) is 0 Å². The van der Waals surface area contributed by atoms with Gasteiger partial charge >= 0.3 is 0 Å². The largest absolute Gasteiger partial charge is 0.497 e. The Balaban J connectivity index is 1.45. The summed E-state index contributed by atoms with van der Waals surface area (Å²) in [6, 6.07) is 14.5. The number of anilines is 1. The third-order valence-corrected chi connectivity index (χ3v) is 5.38. The van der Waals surface area contributed by atoms with Crippen LogP contribution in [0.25, 0.3) is 0 Å². The highest BCUT2D eigenvalue weighted by Crippen LogP contribution is 2.27. The topological polar surface area (TPSA) is 100 Å². The van der Waals surface area contributed by atoms with Gasteiger partial charge in [-0.15, -0.1) is 5.10 Å². The van der Waals surface area contributed by atoms with Gasteiger partial charge in [-0.05, 0) is 35.2 Å². The summed E-state index contributed by atoms with van der Waals surface area (Å²) in [5.74, 6) is 1.11. The van der Waals surface area contributed by atoms with Crippen LogP contribution in [0.5, 0.6) is 5.75 Å².